The van der Waals surface area contributed by atoms with Gasteiger partial charge in [0, 0.05) is 6.42 Å². The summed E-state index contributed by atoms with van der Waals surface area (Å²) in [6, 6.07) is -0.975. The zero-order chi connectivity index (χ0) is 16.0. The first-order valence-electron chi connectivity index (χ1n) is 6.26. The Hall–Kier alpha value is -1.15. The van der Waals surface area contributed by atoms with E-state index in [1.54, 1.807) is 20.8 Å². The van der Waals surface area contributed by atoms with Crippen LogP contribution in [0.2, 0.25) is 0 Å². The van der Waals surface area contributed by atoms with E-state index in [-0.39, 0.29) is 18.6 Å². The Morgan fingerprint density at radius 3 is 2.25 bits per heavy atom. The molecule has 0 rings (SSSR count). The van der Waals surface area contributed by atoms with Crippen molar-refractivity contribution in [2.75, 3.05) is 12.9 Å². The van der Waals surface area contributed by atoms with Crippen LogP contribution in [-0.2, 0) is 29.1 Å². The van der Waals surface area contributed by atoms with E-state index in [0.29, 0.717) is 0 Å². The van der Waals surface area contributed by atoms with Crippen LogP contribution in [0.4, 0.5) is 0 Å². The van der Waals surface area contributed by atoms with Crippen LogP contribution in [-0.4, -0.2) is 44.9 Å². The van der Waals surface area contributed by atoms with Gasteiger partial charge in [0.1, 0.15) is 11.6 Å². The first kappa shape index (κ1) is 18.9. The summed E-state index contributed by atoms with van der Waals surface area (Å²) < 4.78 is 35.1. The highest BCUT2D eigenvalue weighted by molar-refractivity contribution is 7.89. The standard InChI is InChI=1S/C12H23NO6S/c1-9(11(15)19-12(2,3)4)13-20(16,17)8-6-7-10(14)18-5/h9,13H,6-8H2,1-5H3/t9-/m0/s1. The molecular weight excluding hydrogens is 286 g/mol. The molecule has 0 aliphatic heterocycles. The average Bonchev–Trinajstić information content (AvgIpc) is 2.25. The normalized spacial score (nSPS) is 13.7. The highest BCUT2D eigenvalue weighted by Crippen LogP contribution is 2.09. The molecule has 0 saturated carbocycles. The monoisotopic (exact) mass is 309 g/mol. The topological polar surface area (TPSA) is 98.8 Å². The fourth-order valence-corrected chi connectivity index (χ4v) is 2.55. The van der Waals surface area contributed by atoms with E-state index in [0.717, 1.165) is 0 Å². The van der Waals surface area contributed by atoms with Crippen LogP contribution in [0, 0.1) is 0 Å². The molecule has 0 amide bonds. The summed E-state index contributed by atoms with van der Waals surface area (Å²) in [6.07, 6.45) is 0.140. The minimum Gasteiger partial charge on any atom is -0.469 e. The number of esters is 2. The number of rotatable bonds is 7. The predicted octanol–water partition coefficient (Wildman–Crippen LogP) is 0.589. The fourth-order valence-electron chi connectivity index (χ4n) is 1.28. The number of carbonyl (C=O) groups excluding carboxylic acids is 2. The minimum atomic E-state index is -3.64. The number of sulfonamides is 1. The molecule has 118 valence electrons. The van der Waals surface area contributed by atoms with Crippen molar-refractivity contribution in [2.45, 2.75) is 52.2 Å². The molecule has 0 unspecified atom stereocenters. The lowest BCUT2D eigenvalue weighted by Crippen LogP contribution is -2.43. The number of ether oxygens (including phenoxy) is 2. The molecule has 0 saturated heterocycles. The van der Waals surface area contributed by atoms with E-state index in [9.17, 15) is 18.0 Å². The Kier molecular flexibility index (Phi) is 7.15. The summed E-state index contributed by atoms with van der Waals surface area (Å²) in [5, 5.41) is 0. The van der Waals surface area contributed by atoms with E-state index < -0.39 is 33.6 Å². The van der Waals surface area contributed by atoms with Crippen molar-refractivity contribution in [1.82, 2.24) is 4.72 Å². The van der Waals surface area contributed by atoms with Gasteiger partial charge in [-0.25, -0.2) is 13.1 Å². The smallest absolute Gasteiger partial charge is 0.324 e. The zero-order valence-electron chi connectivity index (χ0n) is 12.6. The third kappa shape index (κ3) is 8.87. The first-order valence-corrected chi connectivity index (χ1v) is 7.92. The highest BCUT2D eigenvalue weighted by Gasteiger charge is 2.25. The lowest BCUT2D eigenvalue weighted by molar-refractivity contribution is -0.156. The molecule has 0 aromatic carbocycles. The second-order valence-electron chi connectivity index (χ2n) is 5.37. The third-order valence-electron chi connectivity index (χ3n) is 2.14. The second-order valence-corrected chi connectivity index (χ2v) is 7.25. The van der Waals surface area contributed by atoms with Gasteiger partial charge in [-0.05, 0) is 34.1 Å². The minimum absolute atomic E-state index is 0.0121. The molecule has 1 N–H and O–H groups in total. The van der Waals surface area contributed by atoms with Crippen molar-refractivity contribution in [1.29, 1.82) is 0 Å². The fraction of sp³-hybridized carbons (Fsp3) is 0.833. The van der Waals surface area contributed by atoms with Crippen LogP contribution >= 0.6 is 0 Å². The van der Waals surface area contributed by atoms with Crippen molar-refractivity contribution in [3.63, 3.8) is 0 Å². The molecule has 7 nitrogen and oxygen atoms in total. The van der Waals surface area contributed by atoms with Crippen LogP contribution in [0.5, 0.6) is 0 Å². The molecular formula is C12H23NO6S. The summed E-state index contributed by atoms with van der Waals surface area (Å²) in [7, 11) is -2.41. The van der Waals surface area contributed by atoms with E-state index >= 15 is 0 Å². The molecule has 20 heavy (non-hydrogen) atoms. The summed E-state index contributed by atoms with van der Waals surface area (Å²) in [5.74, 6) is -1.37. The van der Waals surface area contributed by atoms with Gasteiger partial charge in [-0.1, -0.05) is 0 Å². The number of hydrogen-bond acceptors (Lipinski definition) is 6. The van der Waals surface area contributed by atoms with Crippen LogP contribution in [0.3, 0.4) is 0 Å². The van der Waals surface area contributed by atoms with Gasteiger partial charge in [0.05, 0.1) is 12.9 Å². The maximum absolute atomic E-state index is 11.7. The van der Waals surface area contributed by atoms with Gasteiger partial charge in [0.2, 0.25) is 10.0 Å². The van der Waals surface area contributed by atoms with Crippen molar-refractivity contribution in [3.8, 4) is 0 Å². The number of methoxy groups -OCH3 is 1. The second kappa shape index (κ2) is 7.58. The zero-order valence-corrected chi connectivity index (χ0v) is 13.4. The number of nitrogens with one attached hydrogen (secondary N) is 1. The Bertz CT molecular complexity index is 437. The van der Waals surface area contributed by atoms with E-state index in [2.05, 4.69) is 9.46 Å². The Balaban J connectivity index is 4.32. The highest BCUT2D eigenvalue weighted by atomic mass is 32.2. The van der Waals surface area contributed by atoms with E-state index in [1.807, 2.05) is 0 Å². The van der Waals surface area contributed by atoms with Crippen LogP contribution in [0.25, 0.3) is 0 Å². The molecule has 0 heterocycles. The molecule has 0 aromatic heterocycles. The Morgan fingerprint density at radius 2 is 1.80 bits per heavy atom. The van der Waals surface area contributed by atoms with E-state index in [1.165, 1.54) is 14.0 Å². The van der Waals surface area contributed by atoms with Crippen LogP contribution in [0.15, 0.2) is 0 Å². The lowest BCUT2D eigenvalue weighted by atomic mass is 10.2. The summed E-state index contributed by atoms with van der Waals surface area (Å²) in [6.45, 7) is 6.50. The van der Waals surface area contributed by atoms with Gasteiger partial charge in [0.25, 0.3) is 0 Å². The summed E-state index contributed by atoms with van der Waals surface area (Å²) in [4.78, 5) is 22.5. The molecule has 0 aliphatic rings. The van der Waals surface area contributed by atoms with Gasteiger partial charge in [-0.3, -0.25) is 9.59 Å². The van der Waals surface area contributed by atoms with Gasteiger partial charge >= 0.3 is 11.9 Å². The van der Waals surface area contributed by atoms with Crippen molar-refractivity contribution >= 4 is 22.0 Å². The Morgan fingerprint density at radius 1 is 1.25 bits per heavy atom. The third-order valence-corrected chi connectivity index (χ3v) is 3.68. The van der Waals surface area contributed by atoms with Crippen molar-refractivity contribution < 1.29 is 27.5 Å². The lowest BCUT2D eigenvalue weighted by Gasteiger charge is -2.22. The van der Waals surface area contributed by atoms with Gasteiger partial charge < -0.3 is 9.47 Å². The molecule has 0 fully saturated rings. The van der Waals surface area contributed by atoms with Crippen LogP contribution in [0.1, 0.15) is 40.5 Å². The molecule has 0 bridgehead atoms. The number of hydrogen-bond donors (Lipinski definition) is 1. The van der Waals surface area contributed by atoms with Gasteiger partial charge in [0.15, 0.2) is 0 Å². The maximum Gasteiger partial charge on any atom is 0.324 e. The summed E-state index contributed by atoms with van der Waals surface area (Å²) in [5.41, 5.74) is -0.679. The molecule has 8 heteroatoms. The van der Waals surface area contributed by atoms with Crippen molar-refractivity contribution in [2.24, 2.45) is 0 Å². The predicted molar refractivity (Wildman–Crippen MR) is 73.5 cm³/mol. The molecule has 0 aliphatic carbocycles. The van der Waals surface area contributed by atoms with Gasteiger partial charge in [-0.2, -0.15) is 0 Å². The first-order chi connectivity index (χ1) is 8.97. The molecule has 0 radical (unpaired) electrons. The van der Waals surface area contributed by atoms with Crippen LogP contribution < -0.4 is 4.72 Å². The quantitative estimate of drug-likeness (QED) is 0.691. The molecule has 0 spiro atoms. The van der Waals surface area contributed by atoms with Crippen molar-refractivity contribution in [3.05, 3.63) is 0 Å². The number of carbonyl (C=O) groups is 2. The Labute approximate surface area is 120 Å². The van der Waals surface area contributed by atoms with Gasteiger partial charge in [-0.15, -0.1) is 0 Å². The molecule has 0 aromatic rings. The maximum atomic E-state index is 11.7. The van der Waals surface area contributed by atoms with E-state index in [4.69, 9.17) is 4.74 Å². The molecule has 1 atom stereocenters. The summed E-state index contributed by atoms with van der Waals surface area (Å²) >= 11 is 0. The largest absolute Gasteiger partial charge is 0.469 e. The average molecular weight is 309 g/mol. The SMILES string of the molecule is COC(=O)CCCS(=O)(=O)N[C@@H](C)C(=O)OC(C)(C)C.